The zero-order valence-corrected chi connectivity index (χ0v) is 16.2. The summed E-state index contributed by atoms with van der Waals surface area (Å²) in [5.41, 5.74) is 2.04. The van der Waals surface area contributed by atoms with Crippen molar-refractivity contribution in [3.05, 3.63) is 65.7 Å². The minimum absolute atomic E-state index is 0.0382. The number of carbonyl (C=O) groups is 1. The third-order valence-corrected chi connectivity index (χ3v) is 5.89. The zero-order chi connectivity index (χ0) is 19.7. The monoisotopic (exact) mass is 390 g/mol. The molecule has 0 radical (unpaired) electrons. The summed E-state index contributed by atoms with van der Waals surface area (Å²) in [5, 5.41) is 14.5. The maximum absolute atomic E-state index is 12.0. The molecule has 0 aliphatic heterocycles. The number of nitrogens with one attached hydrogen (secondary N) is 2. The van der Waals surface area contributed by atoms with Gasteiger partial charge < -0.3 is 15.7 Å². The van der Waals surface area contributed by atoms with E-state index in [2.05, 4.69) is 22.8 Å². The molecule has 3 N–H and O–H groups in total. The summed E-state index contributed by atoms with van der Waals surface area (Å²) >= 11 is 0. The van der Waals surface area contributed by atoms with Crippen LogP contribution in [0.25, 0.3) is 0 Å². The van der Waals surface area contributed by atoms with E-state index in [0.717, 1.165) is 18.4 Å². The summed E-state index contributed by atoms with van der Waals surface area (Å²) in [6, 6.07) is 16.2. The summed E-state index contributed by atoms with van der Waals surface area (Å²) in [7, 11) is -3.45. The number of hydrogen-bond donors (Lipinski definition) is 3. The van der Waals surface area contributed by atoms with Crippen molar-refractivity contribution in [3.63, 3.8) is 0 Å². The van der Waals surface area contributed by atoms with E-state index in [0.29, 0.717) is 6.54 Å². The highest BCUT2D eigenvalue weighted by Gasteiger charge is 2.13. The van der Waals surface area contributed by atoms with E-state index in [1.165, 1.54) is 17.7 Å². The molecule has 0 aliphatic rings. The average Bonchev–Trinajstić information content (AvgIpc) is 2.66. The summed E-state index contributed by atoms with van der Waals surface area (Å²) < 4.78 is 23.7. The van der Waals surface area contributed by atoms with Gasteiger partial charge in [0.25, 0.3) is 0 Å². The van der Waals surface area contributed by atoms with Crippen molar-refractivity contribution in [2.75, 3.05) is 12.4 Å². The largest absolute Gasteiger partial charge is 0.395 e. The van der Waals surface area contributed by atoms with E-state index in [-0.39, 0.29) is 22.7 Å². The Morgan fingerprint density at radius 2 is 1.70 bits per heavy atom. The number of amides is 2. The van der Waals surface area contributed by atoms with E-state index in [1.807, 2.05) is 25.1 Å². The number of hydrogen-bond acceptors (Lipinski definition) is 4. The van der Waals surface area contributed by atoms with Crippen molar-refractivity contribution in [2.45, 2.75) is 37.2 Å². The van der Waals surface area contributed by atoms with Crippen molar-refractivity contribution in [1.29, 1.82) is 0 Å². The Kier molecular flexibility index (Phi) is 7.82. The standard InChI is InChI=1S/C20H26N2O4S/c1-16(7-8-17-5-3-2-4-6-17)22-20(24)21-15-18-9-11-19(12-10-18)27(25,26)14-13-23/h2-6,9-12,16,23H,7-8,13-15H2,1H3,(H2,21,22,24). The third-order valence-electron chi connectivity index (χ3n) is 4.18. The lowest BCUT2D eigenvalue weighted by Crippen LogP contribution is -2.40. The number of carbonyl (C=O) groups excluding carboxylic acids is 1. The molecule has 0 spiro atoms. The minimum Gasteiger partial charge on any atom is -0.395 e. The Labute approximate surface area is 160 Å². The van der Waals surface area contributed by atoms with Crippen LogP contribution >= 0.6 is 0 Å². The molecule has 0 bridgehead atoms. The van der Waals surface area contributed by atoms with Crippen LogP contribution in [0.1, 0.15) is 24.5 Å². The second kappa shape index (κ2) is 10.1. The van der Waals surface area contributed by atoms with Gasteiger partial charge in [0, 0.05) is 12.6 Å². The van der Waals surface area contributed by atoms with Crippen molar-refractivity contribution in [1.82, 2.24) is 10.6 Å². The topological polar surface area (TPSA) is 95.5 Å². The third kappa shape index (κ3) is 7.03. The molecule has 1 atom stereocenters. The molecule has 0 fully saturated rings. The Bertz CT molecular complexity index is 821. The summed E-state index contributed by atoms with van der Waals surface area (Å²) in [6.07, 6.45) is 1.74. The van der Waals surface area contributed by atoms with Gasteiger partial charge in [-0.25, -0.2) is 13.2 Å². The van der Waals surface area contributed by atoms with Gasteiger partial charge in [0.1, 0.15) is 0 Å². The molecule has 0 saturated heterocycles. The van der Waals surface area contributed by atoms with Gasteiger partial charge in [0.15, 0.2) is 9.84 Å². The maximum atomic E-state index is 12.0. The van der Waals surface area contributed by atoms with Crippen LogP contribution in [0.3, 0.4) is 0 Å². The molecule has 7 heteroatoms. The van der Waals surface area contributed by atoms with Gasteiger partial charge in [-0.3, -0.25) is 0 Å². The van der Waals surface area contributed by atoms with E-state index < -0.39 is 16.4 Å². The van der Waals surface area contributed by atoms with Gasteiger partial charge in [-0.15, -0.1) is 0 Å². The van der Waals surface area contributed by atoms with Crippen LogP contribution in [-0.2, 0) is 22.8 Å². The first-order valence-electron chi connectivity index (χ1n) is 8.91. The lowest BCUT2D eigenvalue weighted by molar-refractivity contribution is 0.237. The predicted octanol–water partition coefficient (Wildman–Crippen LogP) is 2.27. The van der Waals surface area contributed by atoms with Crippen LogP contribution < -0.4 is 10.6 Å². The second-order valence-electron chi connectivity index (χ2n) is 6.44. The first-order chi connectivity index (χ1) is 12.9. The minimum atomic E-state index is -3.45. The highest BCUT2D eigenvalue weighted by atomic mass is 32.2. The second-order valence-corrected chi connectivity index (χ2v) is 8.55. The molecule has 27 heavy (non-hydrogen) atoms. The van der Waals surface area contributed by atoms with Crippen LogP contribution in [0.2, 0.25) is 0 Å². The Morgan fingerprint density at radius 1 is 1.04 bits per heavy atom. The van der Waals surface area contributed by atoms with Crippen molar-refractivity contribution < 1.29 is 18.3 Å². The van der Waals surface area contributed by atoms with Gasteiger partial charge in [-0.2, -0.15) is 0 Å². The molecule has 0 aromatic heterocycles. The summed E-state index contributed by atoms with van der Waals surface area (Å²) in [6.45, 7) is 1.86. The summed E-state index contributed by atoms with van der Waals surface area (Å²) in [4.78, 5) is 12.2. The molecule has 0 saturated carbocycles. The van der Waals surface area contributed by atoms with Crippen molar-refractivity contribution in [3.8, 4) is 0 Å². The fourth-order valence-corrected chi connectivity index (χ4v) is 3.64. The van der Waals surface area contributed by atoms with E-state index in [9.17, 15) is 13.2 Å². The summed E-state index contributed by atoms with van der Waals surface area (Å²) in [5.74, 6) is -0.298. The van der Waals surface area contributed by atoms with Crippen LogP contribution in [-0.4, -0.2) is 38.0 Å². The Morgan fingerprint density at radius 3 is 2.33 bits per heavy atom. The molecule has 2 aromatic rings. The fourth-order valence-electron chi connectivity index (χ4n) is 2.61. The lowest BCUT2D eigenvalue weighted by atomic mass is 10.1. The van der Waals surface area contributed by atoms with Gasteiger partial charge in [0.2, 0.25) is 0 Å². The molecular weight excluding hydrogens is 364 g/mol. The van der Waals surface area contributed by atoms with Crippen LogP contribution in [0.15, 0.2) is 59.5 Å². The van der Waals surface area contributed by atoms with E-state index in [1.54, 1.807) is 12.1 Å². The number of sulfone groups is 1. The maximum Gasteiger partial charge on any atom is 0.315 e. The zero-order valence-electron chi connectivity index (χ0n) is 15.4. The first kappa shape index (κ1) is 20.9. The smallest absolute Gasteiger partial charge is 0.315 e. The molecule has 2 amide bonds. The van der Waals surface area contributed by atoms with Gasteiger partial charge in [-0.05, 0) is 43.0 Å². The van der Waals surface area contributed by atoms with Gasteiger partial charge in [-0.1, -0.05) is 42.5 Å². The highest BCUT2D eigenvalue weighted by Crippen LogP contribution is 2.12. The van der Waals surface area contributed by atoms with Gasteiger partial charge in [0.05, 0.1) is 17.3 Å². The quantitative estimate of drug-likeness (QED) is 0.612. The number of aliphatic hydroxyl groups is 1. The van der Waals surface area contributed by atoms with Crippen LogP contribution in [0, 0.1) is 0 Å². The molecular formula is C20H26N2O4S. The molecule has 2 aromatic carbocycles. The fraction of sp³-hybridized carbons (Fsp3) is 0.350. The molecule has 1 unspecified atom stereocenters. The number of benzene rings is 2. The van der Waals surface area contributed by atoms with E-state index in [4.69, 9.17) is 5.11 Å². The number of aryl methyl sites for hydroxylation is 1. The van der Waals surface area contributed by atoms with Gasteiger partial charge >= 0.3 is 6.03 Å². The van der Waals surface area contributed by atoms with Crippen molar-refractivity contribution >= 4 is 15.9 Å². The lowest BCUT2D eigenvalue weighted by Gasteiger charge is -2.15. The van der Waals surface area contributed by atoms with Crippen LogP contribution in [0.5, 0.6) is 0 Å². The van der Waals surface area contributed by atoms with Crippen molar-refractivity contribution in [2.24, 2.45) is 0 Å². The normalized spacial score (nSPS) is 12.4. The number of aliphatic hydroxyl groups excluding tert-OH is 1. The Balaban J connectivity index is 1.76. The highest BCUT2D eigenvalue weighted by molar-refractivity contribution is 7.91. The van der Waals surface area contributed by atoms with E-state index >= 15 is 0 Å². The predicted molar refractivity (Wildman–Crippen MR) is 105 cm³/mol. The SMILES string of the molecule is CC(CCc1ccccc1)NC(=O)NCc1ccc(S(=O)(=O)CCO)cc1. The average molecular weight is 391 g/mol. The molecule has 6 nitrogen and oxygen atoms in total. The molecule has 0 aliphatic carbocycles. The Hall–Kier alpha value is -2.38. The first-order valence-corrected chi connectivity index (χ1v) is 10.6. The number of rotatable bonds is 9. The van der Waals surface area contributed by atoms with Crippen LogP contribution in [0.4, 0.5) is 4.79 Å². The molecule has 2 rings (SSSR count). The molecule has 146 valence electrons. The number of urea groups is 1. The molecule has 0 heterocycles.